The van der Waals surface area contributed by atoms with E-state index in [4.69, 9.17) is 0 Å². The van der Waals surface area contributed by atoms with Crippen LogP contribution in [-0.2, 0) is 19.5 Å². The van der Waals surface area contributed by atoms with Crippen molar-refractivity contribution in [2.75, 3.05) is 26.2 Å². The molecule has 1 aromatic carbocycles. The molecule has 1 saturated heterocycles. The number of pyridine rings is 1. The van der Waals surface area contributed by atoms with Gasteiger partial charge in [0.1, 0.15) is 5.56 Å². The van der Waals surface area contributed by atoms with Gasteiger partial charge in [-0.05, 0) is 30.4 Å². The van der Waals surface area contributed by atoms with Crippen LogP contribution in [0.25, 0.3) is 0 Å². The van der Waals surface area contributed by atoms with Gasteiger partial charge in [-0.25, -0.2) is 0 Å². The molecule has 6 heteroatoms. The molecule has 0 atom stereocenters. The van der Waals surface area contributed by atoms with E-state index in [1.54, 1.807) is 17.4 Å². The zero-order valence-electron chi connectivity index (χ0n) is 18.2. The van der Waals surface area contributed by atoms with Crippen molar-refractivity contribution in [3.63, 3.8) is 0 Å². The van der Waals surface area contributed by atoms with Gasteiger partial charge in [-0.15, -0.1) is 11.3 Å². The third-order valence-electron chi connectivity index (χ3n) is 5.98. The fourth-order valence-electron chi connectivity index (χ4n) is 4.31. The Morgan fingerprint density at radius 3 is 2.39 bits per heavy atom. The average molecular weight is 436 g/mol. The first-order valence-corrected chi connectivity index (χ1v) is 11.8. The van der Waals surface area contributed by atoms with Crippen molar-refractivity contribution in [1.29, 1.82) is 0 Å². The molecule has 162 valence electrons. The summed E-state index contributed by atoms with van der Waals surface area (Å²) in [6.07, 6.45) is 0.650. The lowest BCUT2D eigenvalue weighted by Gasteiger charge is -2.35. The number of carbonyl (C=O) groups excluding carboxylic acids is 1. The summed E-state index contributed by atoms with van der Waals surface area (Å²) in [5, 5.41) is 2.06. The number of aryl methyl sites for hydroxylation is 1. The molecular weight excluding hydrogens is 406 g/mol. The van der Waals surface area contributed by atoms with Crippen LogP contribution in [0.15, 0.2) is 58.7 Å². The Hall–Kier alpha value is -2.70. The molecule has 1 aliphatic rings. The first-order chi connectivity index (χ1) is 15.1. The van der Waals surface area contributed by atoms with E-state index in [-0.39, 0.29) is 11.3 Å². The van der Waals surface area contributed by atoms with Crippen LogP contribution in [-0.4, -0.2) is 46.5 Å². The number of hydrogen-bond acceptors (Lipinski definition) is 4. The zero-order chi connectivity index (χ0) is 21.8. The summed E-state index contributed by atoms with van der Waals surface area (Å²) in [7, 11) is 0. The molecular formula is C25H29N3O2S. The van der Waals surface area contributed by atoms with E-state index in [1.165, 1.54) is 10.4 Å². The van der Waals surface area contributed by atoms with E-state index in [0.717, 1.165) is 31.0 Å². The molecule has 2 aromatic heterocycles. The van der Waals surface area contributed by atoms with Crippen LogP contribution in [0.2, 0.25) is 0 Å². The number of aromatic nitrogens is 1. The highest BCUT2D eigenvalue weighted by molar-refractivity contribution is 7.09. The van der Waals surface area contributed by atoms with Crippen molar-refractivity contribution in [2.24, 2.45) is 0 Å². The van der Waals surface area contributed by atoms with Crippen LogP contribution in [0.4, 0.5) is 0 Å². The first-order valence-electron chi connectivity index (χ1n) is 10.9. The van der Waals surface area contributed by atoms with Gasteiger partial charge in [-0.1, -0.05) is 43.3 Å². The second kappa shape index (κ2) is 9.62. The Bertz CT molecular complexity index is 1080. The molecule has 0 saturated carbocycles. The van der Waals surface area contributed by atoms with Gasteiger partial charge in [0.2, 0.25) is 0 Å². The third kappa shape index (κ3) is 4.81. The second-order valence-corrected chi connectivity index (χ2v) is 9.08. The van der Waals surface area contributed by atoms with E-state index in [0.29, 0.717) is 31.6 Å². The summed E-state index contributed by atoms with van der Waals surface area (Å²) in [5.74, 6) is -0.124. The predicted molar refractivity (Wildman–Crippen MR) is 126 cm³/mol. The highest BCUT2D eigenvalue weighted by atomic mass is 32.1. The van der Waals surface area contributed by atoms with Crippen molar-refractivity contribution in [3.05, 3.63) is 91.5 Å². The van der Waals surface area contributed by atoms with E-state index in [9.17, 15) is 9.59 Å². The first kappa shape index (κ1) is 21.5. The highest BCUT2D eigenvalue weighted by Gasteiger charge is 2.27. The van der Waals surface area contributed by atoms with Gasteiger partial charge in [0.05, 0.1) is 6.54 Å². The Labute approximate surface area is 187 Å². The molecule has 3 heterocycles. The van der Waals surface area contributed by atoms with Crippen LogP contribution in [0.1, 0.15) is 39.1 Å². The van der Waals surface area contributed by atoms with Crippen molar-refractivity contribution >= 4 is 17.2 Å². The minimum atomic E-state index is -0.159. The third-order valence-corrected chi connectivity index (χ3v) is 6.84. The van der Waals surface area contributed by atoms with Crippen molar-refractivity contribution in [2.45, 2.75) is 33.4 Å². The summed E-state index contributed by atoms with van der Waals surface area (Å²) in [6.45, 7) is 8.48. The molecule has 0 aliphatic carbocycles. The van der Waals surface area contributed by atoms with Gasteiger partial charge in [0.25, 0.3) is 5.91 Å². The Kier molecular flexibility index (Phi) is 6.68. The predicted octanol–water partition coefficient (Wildman–Crippen LogP) is 3.79. The van der Waals surface area contributed by atoms with Crippen molar-refractivity contribution < 1.29 is 4.79 Å². The van der Waals surface area contributed by atoms with Crippen LogP contribution in [0.3, 0.4) is 0 Å². The van der Waals surface area contributed by atoms with Gasteiger partial charge in [0, 0.05) is 55.1 Å². The normalized spacial score (nSPS) is 14.7. The van der Waals surface area contributed by atoms with Gasteiger partial charge < -0.3 is 9.47 Å². The van der Waals surface area contributed by atoms with Gasteiger partial charge in [0.15, 0.2) is 5.43 Å². The molecule has 3 aromatic rings. The molecule has 0 bridgehead atoms. The molecule has 0 spiro atoms. The summed E-state index contributed by atoms with van der Waals surface area (Å²) >= 11 is 1.69. The SMILES string of the molecule is CCc1c(C(=O)N2CCN(Cc3ccccc3)CC2)c(=O)cc(C)n1Cc1cccs1. The lowest BCUT2D eigenvalue weighted by atomic mass is 10.1. The van der Waals surface area contributed by atoms with Crippen molar-refractivity contribution in [1.82, 2.24) is 14.4 Å². The number of thiophene rings is 1. The average Bonchev–Trinajstić information content (AvgIpc) is 3.29. The Morgan fingerprint density at radius 2 is 1.74 bits per heavy atom. The molecule has 4 rings (SSSR count). The maximum absolute atomic E-state index is 13.4. The Morgan fingerprint density at radius 1 is 1.00 bits per heavy atom. The van der Waals surface area contributed by atoms with E-state index >= 15 is 0 Å². The summed E-state index contributed by atoms with van der Waals surface area (Å²) in [4.78, 5) is 31.8. The highest BCUT2D eigenvalue weighted by Crippen LogP contribution is 2.18. The lowest BCUT2D eigenvalue weighted by Crippen LogP contribution is -2.49. The molecule has 0 unspecified atom stereocenters. The summed E-state index contributed by atoms with van der Waals surface area (Å²) in [6, 6.07) is 16.1. The number of hydrogen-bond donors (Lipinski definition) is 0. The van der Waals surface area contributed by atoms with E-state index in [1.807, 2.05) is 30.9 Å². The minimum Gasteiger partial charge on any atom is -0.343 e. The maximum Gasteiger partial charge on any atom is 0.259 e. The molecule has 1 amide bonds. The summed E-state index contributed by atoms with van der Waals surface area (Å²) < 4.78 is 2.13. The van der Waals surface area contributed by atoms with Gasteiger partial charge in [-0.2, -0.15) is 0 Å². The number of benzene rings is 1. The topological polar surface area (TPSA) is 45.6 Å². The fraction of sp³-hybridized carbons (Fsp3) is 0.360. The largest absolute Gasteiger partial charge is 0.343 e. The minimum absolute atomic E-state index is 0.124. The molecule has 5 nitrogen and oxygen atoms in total. The molecule has 0 radical (unpaired) electrons. The second-order valence-electron chi connectivity index (χ2n) is 8.04. The number of piperazine rings is 1. The van der Waals surface area contributed by atoms with Crippen LogP contribution < -0.4 is 5.43 Å². The van der Waals surface area contributed by atoms with E-state index in [2.05, 4.69) is 45.2 Å². The van der Waals surface area contributed by atoms with Crippen LogP contribution in [0.5, 0.6) is 0 Å². The zero-order valence-corrected chi connectivity index (χ0v) is 19.0. The quantitative estimate of drug-likeness (QED) is 0.592. The van der Waals surface area contributed by atoms with Crippen LogP contribution in [0, 0.1) is 6.92 Å². The number of nitrogens with zero attached hydrogens (tertiary/aromatic N) is 3. The van der Waals surface area contributed by atoms with Crippen molar-refractivity contribution in [3.8, 4) is 0 Å². The number of carbonyl (C=O) groups is 1. The number of amides is 1. The molecule has 1 fully saturated rings. The molecule has 31 heavy (non-hydrogen) atoms. The summed E-state index contributed by atoms with van der Waals surface area (Å²) in [5.41, 5.74) is 3.22. The monoisotopic (exact) mass is 435 g/mol. The number of rotatable bonds is 6. The maximum atomic E-state index is 13.4. The standard InChI is InChI=1S/C25H29N3O2S/c1-3-22-24(23(29)16-19(2)28(22)18-21-10-7-15-31-21)25(30)27-13-11-26(12-14-27)17-20-8-5-4-6-9-20/h4-10,15-16H,3,11-14,17-18H2,1-2H3. The molecule has 0 N–H and O–H groups in total. The van der Waals surface area contributed by atoms with E-state index < -0.39 is 0 Å². The molecule has 1 aliphatic heterocycles. The van der Waals surface area contributed by atoms with Gasteiger partial charge >= 0.3 is 0 Å². The fourth-order valence-corrected chi connectivity index (χ4v) is 5.01. The van der Waals surface area contributed by atoms with Gasteiger partial charge in [-0.3, -0.25) is 14.5 Å². The smallest absolute Gasteiger partial charge is 0.259 e. The van der Waals surface area contributed by atoms with Crippen LogP contribution >= 0.6 is 11.3 Å². The lowest BCUT2D eigenvalue weighted by molar-refractivity contribution is 0.0625. The Balaban J connectivity index is 1.52.